The minimum atomic E-state index is -0.453. The van der Waals surface area contributed by atoms with Gasteiger partial charge in [0.15, 0.2) is 0 Å². The van der Waals surface area contributed by atoms with Crippen LogP contribution in [0.1, 0.15) is 59.8 Å². The minimum absolute atomic E-state index is 0.447. The molecule has 4 atom stereocenters. The lowest BCUT2D eigenvalue weighted by Crippen LogP contribution is -2.32. The van der Waals surface area contributed by atoms with E-state index in [1.807, 2.05) is 6.92 Å². The van der Waals surface area contributed by atoms with E-state index in [2.05, 4.69) is 20.8 Å². The number of hydrogen-bond acceptors (Lipinski definition) is 1. The number of rotatable bonds is 4. The van der Waals surface area contributed by atoms with Crippen molar-refractivity contribution in [2.45, 2.75) is 65.4 Å². The van der Waals surface area contributed by atoms with Crippen LogP contribution >= 0.6 is 0 Å². The molecule has 1 saturated carbocycles. The van der Waals surface area contributed by atoms with Crippen molar-refractivity contribution in [3.63, 3.8) is 0 Å². The van der Waals surface area contributed by atoms with Crippen molar-refractivity contribution in [1.29, 1.82) is 0 Å². The van der Waals surface area contributed by atoms with Gasteiger partial charge in [-0.2, -0.15) is 0 Å². The molecule has 1 heteroatoms. The molecule has 0 aromatic carbocycles. The molecule has 0 bridgehead atoms. The zero-order chi connectivity index (χ0) is 10.8. The summed E-state index contributed by atoms with van der Waals surface area (Å²) in [5, 5.41) is 10.1. The molecule has 0 saturated heterocycles. The van der Waals surface area contributed by atoms with E-state index in [0.717, 1.165) is 18.3 Å². The second kappa shape index (κ2) is 4.65. The zero-order valence-corrected chi connectivity index (χ0v) is 10.2. The Hall–Kier alpha value is -0.0400. The van der Waals surface area contributed by atoms with Crippen molar-refractivity contribution in [3.05, 3.63) is 0 Å². The van der Waals surface area contributed by atoms with Crippen LogP contribution in [0.3, 0.4) is 0 Å². The van der Waals surface area contributed by atoms with Crippen LogP contribution in [0.25, 0.3) is 0 Å². The van der Waals surface area contributed by atoms with Crippen LogP contribution in [0.15, 0.2) is 0 Å². The average Bonchev–Trinajstić information content (AvgIpc) is 2.51. The van der Waals surface area contributed by atoms with Crippen molar-refractivity contribution in [2.75, 3.05) is 0 Å². The SMILES string of the molecule is CCC(C)(O)C(C)CC1CCC(C)C1. The summed E-state index contributed by atoms with van der Waals surface area (Å²) in [4.78, 5) is 0. The van der Waals surface area contributed by atoms with Crippen molar-refractivity contribution in [1.82, 2.24) is 0 Å². The van der Waals surface area contributed by atoms with Gasteiger partial charge in [-0.25, -0.2) is 0 Å². The predicted octanol–water partition coefficient (Wildman–Crippen LogP) is 3.61. The first-order valence-corrected chi connectivity index (χ1v) is 6.18. The van der Waals surface area contributed by atoms with E-state index in [-0.39, 0.29) is 0 Å². The standard InChI is InChI=1S/C13H26O/c1-5-13(4,14)11(3)9-12-7-6-10(2)8-12/h10-12,14H,5-9H2,1-4H3. The van der Waals surface area contributed by atoms with E-state index in [4.69, 9.17) is 0 Å². The Morgan fingerprint density at radius 3 is 2.50 bits per heavy atom. The highest BCUT2D eigenvalue weighted by Crippen LogP contribution is 2.37. The quantitative estimate of drug-likeness (QED) is 0.731. The van der Waals surface area contributed by atoms with Crippen LogP contribution in [-0.4, -0.2) is 10.7 Å². The Bertz CT molecular complexity index is 174. The van der Waals surface area contributed by atoms with Crippen LogP contribution in [-0.2, 0) is 0 Å². The fourth-order valence-electron chi connectivity index (χ4n) is 2.64. The fourth-order valence-corrected chi connectivity index (χ4v) is 2.64. The van der Waals surface area contributed by atoms with Gasteiger partial charge >= 0.3 is 0 Å². The van der Waals surface area contributed by atoms with Gasteiger partial charge in [0.05, 0.1) is 5.60 Å². The second-order valence-corrected chi connectivity index (χ2v) is 5.63. The van der Waals surface area contributed by atoms with Crippen LogP contribution in [0.5, 0.6) is 0 Å². The maximum atomic E-state index is 10.1. The Labute approximate surface area is 88.9 Å². The zero-order valence-electron chi connectivity index (χ0n) is 10.2. The first-order chi connectivity index (χ1) is 6.45. The van der Waals surface area contributed by atoms with Gasteiger partial charge in [-0.15, -0.1) is 0 Å². The van der Waals surface area contributed by atoms with Gasteiger partial charge in [-0.05, 0) is 43.9 Å². The third-order valence-electron chi connectivity index (χ3n) is 4.27. The van der Waals surface area contributed by atoms with Crippen LogP contribution in [0.4, 0.5) is 0 Å². The first kappa shape index (κ1) is 12.0. The fraction of sp³-hybridized carbons (Fsp3) is 1.00. The van der Waals surface area contributed by atoms with E-state index in [1.54, 1.807) is 0 Å². The normalized spacial score (nSPS) is 34.1. The van der Waals surface area contributed by atoms with Crippen molar-refractivity contribution in [3.8, 4) is 0 Å². The minimum Gasteiger partial charge on any atom is -0.390 e. The van der Waals surface area contributed by atoms with Gasteiger partial charge in [0.2, 0.25) is 0 Å². The molecule has 4 unspecified atom stereocenters. The Morgan fingerprint density at radius 2 is 2.07 bits per heavy atom. The highest BCUT2D eigenvalue weighted by molar-refractivity contribution is 4.82. The molecule has 0 heterocycles. The van der Waals surface area contributed by atoms with Gasteiger partial charge < -0.3 is 5.11 Å². The van der Waals surface area contributed by atoms with Crippen molar-refractivity contribution in [2.24, 2.45) is 17.8 Å². The molecule has 0 aliphatic heterocycles. The first-order valence-electron chi connectivity index (χ1n) is 6.18. The molecular weight excluding hydrogens is 172 g/mol. The number of hydrogen-bond donors (Lipinski definition) is 1. The molecule has 0 aromatic rings. The van der Waals surface area contributed by atoms with E-state index in [9.17, 15) is 5.11 Å². The average molecular weight is 198 g/mol. The summed E-state index contributed by atoms with van der Waals surface area (Å²) in [7, 11) is 0. The lowest BCUT2D eigenvalue weighted by molar-refractivity contribution is -0.00667. The second-order valence-electron chi connectivity index (χ2n) is 5.63. The maximum Gasteiger partial charge on any atom is 0.0642 e. The van der Waals surface area contributed by atoms with Gasteiger partial charge in [0.1, 0.15) is 0 Å². The molecule has 84 valence electrons. The Balaban J connectivity index is 2.37. The molecule has 1 fully saturated rings. The summed E-state index contributed by atoms with van der Waals surface area (Å²) < 4.78 is 0. The summed E-state index contributed by atoms with van der Waals surface area (Å²) in [6.07, 6.45) is 6.24. The summed E-state index contributed by atoms with van der Waals surface area (Å²) >= 11 is 0. The van der Waals surface area contributed by atoms with Gasteiger partial charge in [-0.3, -0.25) is 0 Å². The lowest BCUT2D eigenvalue weighted by Gasteiger charge is -2.31. The molecule has 14 heavy (non-hydrogen) atoms. The Kier molecular flexibility index (Phi) is 4.00. The highest BCUT2D eigenvalue weighted by atomic mass is 16.3. The molecule has 1 N–H and O–H groups in total. The molecule has 0 spiro atoms. The highest BCUT2D eigenvalue weighted by Gasteiger charge is 2.30. The smallest absolute Gasteiger partial charge is 0.0642 e. The molecule has 0 aromatic heterocycles. The molecule has 1 nitrogen and oxygen atoms in total. The maximum absolute atomic E-state index is 10.1. The molecule has 1 aliphatic carbocycles. The van der Waals surface area contributed by atoms with Gasteiger partial charge in [0, 0.05) is 0 Å². The van der Waals surface area contributed by atoms with Gasteiger partial charge in [0.25, 0.3) is 0 Å². The van der Waals surface area contributed by atoms with E-state index < -0.39 is 5.60 Å². The van der Waals surface area contributed by atoms with Gasteiger partial charge in [-0.1, -0.05) is 33.6 Å². The molecule has 0 radical (unpaired) electrons. The largest absolute Gasteiger partial charge is 0.390 e. The summed E-state index contributed by atoms with van der Waals surface area (Å²) in [5.74, 6) is 2.24. The van der Waals surface area contributed by atoms with E-state index in [1.165, 1.54) is 25.7 Å². The van der Waals surface area contributed by atoms with Crippen LogP contribution in [0.2, 0.25) is 0 Å². The summed E-state index contributed by atoms with van der Waals surface area (Å²) in [6, 6.07) is 0. The third-order valence-corrected chi connectivity index (χ3v) is 4.27. The summed E-state index contributed by atoms with van der Waals surface area (Å²) in [5.41, 5.74) is -0.453. The topological polar surface area (TPSA) is 20.2 Å². The molecule has 1 aliphatic rings. The van der Waals surface area contributed by atoms with Crippen LogP contribution in [0, 0.1) is 17.8 Å². The monoisotopic (exact) mass is 198 g/mol. The van der Waals surface area contributed by atoms with E-state index >= 15 is 0 Å². The Morgan fingerprint density at radius 1 is 1.43 bits per heavy atom. The predicted molar refractivity (Wildman–Crippen MR) is 61.2 cm³/mol. The van der Waals surface area contributed by atoms with Crippen molar-refractivity contribution < 1.29 is 5.11 Å². The number of aliphatic hydroxyl groups is 1. The van der Waals surface area contributed by atoms with Crippen LogP contribution < -0.4 is 0 Å². The van der Waals surface area contributed by atoms with E-state index in [0.29, 0.717) is 5.92 Å². The lowest BCUT2D eigenvalue weighted by atomic mass is 9.81. The molecule has 0 amide bonds. The molecular formula is C13H26O. The molecule has 1 rings (SSSR count). The summed E-state index contributed by atoms with van der Waals surface area (Å²) in [6.45, 7) is 8.61. The van der Waals surface area contributed by atoms with Crippen molar-refractivity contribution >= 4 is 0 Å². The third kappa shape index (κ3) is 2.98.